The van der Waals surface area contributed by atoms with Crippen molar-refractivity contribution in [1.82, 2.24) is 15.0 Å². The fraction of sp³-hybridized carbons (Fsp3) is 0.300. The molecule has 1 unspecified atom stereocenters. The van der Waals surface area contributed by atoms with Crippen LogP contribution >= 0.6 is 11.3 Å². The first kappa shape index (κ1) is 19.7. The molecule has 2 aromatic heterocycles. The van der Waals surface area contributed by atoms with Crippen molar-refractivity contribution in [2.45, 2.75) is 31.7 Å². The molecule has 9 heteroatoms. The molecule has 4 rings (SSSR count). The van der Waals surface area contributed by atoms with Gasteiger partial charge in [0.1, 0.15) is 18.1 Å². The fourth-order valence-electron chi connectivity index (χ4n) is 3.30. The Hall–Kier alpha value is -2.65. The van der Waals surface area contributed by atoms with Gasteiger partial charge in [-0.25, -0.2) is 4.68 Å². The molecule has 1 aliphatic heterocycles. The molecule has 1 N–H and O–H groups in total. The second-order valence-electron chi connectivity index (χ2n) is 6.78. The average Bonchev–Trinajstić information content (AvgIpc) is 3.38. The third kappa shape index (κ3) is 3.56. The monoisotopic (exact) mass is 421 g/mol. The largest absolute Gasteiger partial charge is 0.489 e. The molecule has 1 atom stereocenters. The summed E-state index contributed by atoms with van der Waals surface area (Å²) in [6.07, 6.45) is -2.21. The number of hydrogen-bond donors (Lipinski definition) is 1. The molecule has 152 valence electrons. The van der Waals surface area contributed by atoms with Crippen molar-refractivity contribution in [3.05, 3.63) is 69.7 Å². The predicted molar refractivity (Wildman–Crippen MR) is 103 cm³/mol. The van der Waals surface area contributed by atoms with Crippen molar-refractivity contribution in [3.8, 4) is 5.75 Å². The Morgan fingerprint density at radius 2 is 2.10 bits per heavy atom. The summed E-state index contributed by atoms with van der Waals surface area (Å²) in [5.74, 6) is 0.715. The normalized spacial score (nSPS) is 16.0. The van der Waals surface area contributed by atoms with E-state index in [0.717, 1.165) is 28.5 Å². The lowest BCUT2D eigenvalue weighted by atomic mass is 9.96. The summed E-state index contributed by atoms with van der Waals surface area (Å²) in [6, 6.07) is 7.71. The smallest absolute Gasteiger partial charge is 0.423 e. The number of fused-ring (bicyclic) bond motifs is 1. The topological polar surface area (TPSA) is 60.2 Å². The van der Waals surface area contributed by atoms with Gasteiger partial charge in [-0.15, -0.1) is 5.10 Å². The summed E-state index contributed by atoms with van der Waals surface area (Å²) >= 11 is 1.62. The van der Waals surface area contributed by atoms with Crippen LogP contribution in [-0.4, -0.2) is 32.9 Å². The maximum Gasteiger partial charge on any atom is 0.423 e. The van der Waals surface area contributed by atoms with Crippen LogP contribution in [0.25, 0.3) is 5.57 Å². The van der Waals surface area contributed by atoms with Crippen molar-refractivity contribution >= 4 is 16.9 Å². The van der Waals surface area contributed by atoms with Crippen molar-refractivity contribution in [2.24, 2.45) is 0 Å². The number of benzene rings is 1. The summed E-state index contributed by atoms with van der Waals surface area (Å²) in [5.41, 5.74) is 0.475. The molecule has 3 heterocycles. The highest BCUT2D eigenvalue weighted by Crippen LogP contribution is 2.40. The number of hydrogen-bond acceptors (Lipinski definition) is 5. The van der Waals surface area contributed by atoms with Gasteiger partial charge in [0.15, 0.2) is 0 Å². The first-order chi connectivity index (χ1) is 13.8. The highest BCUT2D eigenvalue weighted by molar-refractivity contribution is 7.08. The molecule has 3 aromatic rings. The van der Waals surface area contributed by atoms with E-state index in [1.165, 1.54) is 11.6 Å². The van der Waals surface area contributed by atoms with E-state index in [1.54, 1.807) is 11.3 Å². The number of alkyl halides is 3. The Balaban J connectivity index is 1.58. The van der Waals surface area contributed by atoms with Crippen molar-refractivity contribution in [1.29, 1.82) is 0 Å². The molecule has 0 saturated heterocycles. The van der Waals surface area contributed by atoms with E-state index >= 15 is 0 Å². The van der Waals surface area contributed by atoms with Gasteiger partial charge in [0.25, 0.3) is 0 Å². The van der Waals surface area contributed by atoms with E-state index in [-0.39, 0.29) is 6.54 Å². The van der Waals surface area contributed by atoms with Crippen LogP contribution in [-0.2, 0) is 12.1 Å². The first-order valence-corrected chi connectivity index (χ1v) is 9.94. The minimum atomic E-state index is -4.83. The quantitative estimate of drug-likeness (QED) is 0.665. The Morgan fingerprint density at radius 1 is 1.28 bits per heavy atom. The Morgan fingerprint density at radius 3 is 2.79 bits per heavy atom. The molecule has 0 saturated carbocycles. The first-order valence-electron chi connectivity index (χ1n) is 9.00. The van der Waals surface area contributed by atoms with Crippen LogP contribution in [0.4, 0.5) is 13.2 Å². The van der Waals surface area contributed by atoms with Gasteiger partial charge in [-0.2, -0.15) is 24.5 Å². The molecular weight excluding hydrogens is 403 g/mol. The van der Waals surface area contributed by atoms with Crippen LogP contribution in [0.1, 0.15) is 35.7 Å². The van der Waals surface area contributed by atoms with Gasteiger partial charge in [-0.1, -0.05) is 24.3 Å². The lowest BCUT2D eigenvalue weighted by Crippen LogP contribution is -2.42. The summed E-state index contributed by atoms with van der Waals surface area (Å²) in [6.45, 7) is 1.91. The maximum atomic E-state index is 13.2. The van der Waals surface area contributed by atoms with Gasteiger partial charge in [0, 0.05) is 5.56 Å². The zero-order chi connectivity index (χ0) is 20.6. The average molecular weight is 421 g/mol. The van der Waals surface area contributed by atoms with Gasteiger partial charge in [-0.3, -0.25) is 0 Å². The third-order valence-electron chi connectivity index (χ3n) is 4.98. The molecule has 0 bridgehead atoms. The SMILES string of the molecule is CCC(O)(c1cn(Cc2ccc3c(c2)OCC=C3c2ccsc2)nn1)C(F)(F)F. The number of aliphatic hydroxyl groups is 1. The lowest BCUT2D eigenvalue weighted by Gasteiger charge is -2.26. The number of nitrogens with zero attached hydrogens (tertiary/aromatic N) is 3. The molecule has 0 fully saturated rings. The van der Waals surface area contributed by atoms with Crippen LogP contribution in [0.5, 0.6) is 5.75 Å². The summed E-state index contributed by atoms with van der Waals surface area (Å²) in [4.78, 5) is 0. The van der Waals surface area contributed by atoms with Crippen LogP contribution in [0.3, 0.4) is 0 Å². The second kappa shape index (κ2) is 7.31. The highest BCUT2D eigenvalue weighted by atomic mass is 32.1. The van der Waals surface area contributed by atoms with Gasteiger partial charge in [0.2, 0.25) is 5.60 Å². The molecular formula is C20H18F3N3O2S. The Bertz CT molecular complexity index is 1040. The predicted octanol–water partition coefficient (Wildman–Crippen LogP) is 4.37. The van der Waals surface area contributed by atoms with E-state index in [4.69, 9.17) is 4.74 Å². The number of halogens is 3. The van der Waals surface area contributed by atoms with Gasteiger partial charge >= 0.3 is 6.18 Å². The summed E-state index contributed by atoms with van der Waals surface area (Å²) in [7, 11) is 0. The van der Waals surface area contributed by atoms with Crippen LogP contribution in [0.15, 0.2) is 47.3 Å². The molecule has 1 aromatic carbocycles. The number of ether oxygens (including phenoxy) is 1. The van der Waals surface area contributed by atoms with Crippen LogP contribution in [0.2, 0.25) is 0 Å². The summed E-state index contributed by atoms with van der Waals surface area (Å²) in [5, 5.41) is 21.4. The second-order valence-corrected chi connectivity index (χ2v) is 7.56. The lowest BCUT2D eigenvalue weighted by molar-refractivity contribution is -0.269. The van der Waals surface area contributed by atoms with Crippen molar-refractivity contribution < 1.29 is 23.0 Å². The molecule has 29 heavy (non-hydrogen) atoms. The zero-order valence-corrected chi connectivity index (χ0v) is 16.3. The Labute approximate surface area is 169 Å². The minimum absolute atomic E-state index is 0.207. The number of rotatable bonds is 5. The molecule has 5 nitrogen and oxygen atoms in total. The minimum Gasteiger partial charge on any atom is -0.489 e. The van der Waals surface area contributed by atoms with Crippen molar-refractivity contribution in [3.63, 3.8) is 0 Å². The van der Waals surface area contributed by atoms with E-state index in [2.05, 4.69) is 15.7 Å². The summed E-state index contributed by atoms with van der Waals surface area (Å²) < 4.78 is 46.7. The maximum absolute atomic E-state index is 13.2. The molecule has 1 aliphatic rings. The standard InChI is InChI=1S/C20H18F3N3O2S/c1-2-19(27,20(21,22)23)18-11-26(25-24-18)10-13-3-4-16-15(14-6-8-29-12-14)5-7-28-17(16)9-13/h3-6,8-9,11-12,27H,2,7,10H2,1H3. The van der Waals surface area contributed by atoms with Crippen LogP contribution in [0, 0.1) is 0 Å². The highest BCUT2D eigenvalue weighted by Gasteiger charge is 2.55. The van der Waals surface area contributed by atoms with Gasteiger partial charge in [0.05, 0.1) is 12.7 Å². The zero-order valence-electron chi connectivity index (χ0n) is 15.5. The van der Waals surface area contributed by atoms with Crippen LogP contribution < -0.4 is 4.74 Å². The van der Waals surface area contributed by atoms with E-state index in [1.807, 2.05) is 35.7 Å². The van der Waals surface area contributed by atoms with Crippen molar-refractivity contribution in [2.75, 3.05) is 6.61 Å². The van der Waals surface area contributed by atoms with E-state index < -0.39 is 23.9 Å². The molecule has 0 radical (unpaired) electrons. The fourth-order valence-corrected chi connectivity index (χ4v) is 3.96. The Kier molecular flexibility index (Phi) is 4.95. The van der Waals surface area contributed by atoms with Gasteiger partial charge in [-0.05, 0) is 52.1 Å². The number of thiophene rings is 1. The van der Waals surface area contributed by atoms with E-state index in [0.29, 0.717) is 12.4 Å². The molecule has 0 spiro atoms. The number of aromatic nitrogens is 3. The molecule has 0 aliphatic carbocycles. The van der Waals surface area contributed by atoms with Gasteiger partial charge < -0.3 is 9.84 Å². The molecule has 0 amide bonds. The van der Waals surface area contributed by atoms with E-state index in [9.17, 15) is 18.3 Å². The third-order valence-corrected chi connectivity index (χ3v) is 5.67.